The zero-order chi connectivity index (χ0) is 48.1. The number of fused-ring (bicyclic) bond motifs is 1. The Labute approximate surface area is 396 Å². The van der Waals surface area contributed by atoms with E-state index < -0.39 is 17.5 Å². The number of benzene rings is 3. The lowest BCUT2D eigenvalue weighted by atomic mass is 9.86. The average Bonchev–Trinajstić information content (AvgIpc) is 3.69. The van der Waals surface area contributed by atoms with E-state index in [1.54, 1.807) is 54.9 Å². The Morgan fingerprint density at radius 3 is 2.41 bits per heavy atom. The highest BCUT2D eigenvalue weighted by atomic mass is 16.5. The van der Waals surface area contributed by atoms with Gasteiger partial charge in [-0.3, -0.25) is 45.1 Å². The van der Waals surface area contributed by atoms with Crippen LogP contribution in [0.2, 0.25) is 0 Å². The molecule has 8 N–H and O–H groups in total. The van der Waals surface area contributed by atoms with E-state index in [1.165, 1.54) is 4.90 Å². The first-order chi connectivity index (χ1) is 33.1. The lowest BCUT2D eigenvalue weighted by molar-refractivity contribution is -0.129. The summed E-state index contributed by atoms with van der Waals surface area (Å²) in [5.41, 5.74) is 3.48. The third-order valence-corrected chi connectivity index (χ3v) is 11.8. The minimum absolute atomic E-state index is 0.122. The molecular formula is C50H62N10O8. The number of pyridine rings is 1. The molecule has 3 heterocycles. The van der Waals surface area contributed by atoms with Gasteiger partial charge in [0.1, 0.15) is 30.1 Å². The van der Waals surface area contributed by atoms with Crippen LogP contribution >= 0.6 is 0 Å². The van der Waals surface area contributed by atoms with E-state index in [4.69, 9.17) is 25.0 Å². The number of piperidine rings is 1. The van der Waals surface area contributed by atoms with Crippen molar-refractivity contribution in [2.45, 2.75) is 83.0 Å². The van der Waals surface area contributed by atoms with Crippen molar-refractivity contribution in [3.8, 4) is 5.75 Å². The molecule has 0 spiro atoms. The van der Waals surface area contributed by atoms with Crippen LogP contribution in [0.1, 0.15) is 95.7 Å². The summed E-state index contributed by atoms with van der Waals surface area (Å²) in [5.74, 6) is -0.425. The Morgan fingerprint density at radius 1 is 0.882 bits per heavy atom. The fraction of sp³-hybridized carbons (Fsp3) is 0.400. The predicted octanol–water partition coefficient (Wildman–Crippen LogP) is 5.15. The van der Waals surface area contributed by atoms with Gasteiger partial charge in [0.2, 0.25) is 18.2 Å². The van der Waals surface area contributed by atoms with E-state index in [2.05, 4.69) is 36.9 Å². The minimum Gasteiger partial charge on any atom is -0.494 e. The molecule has 4 aromatic rings. The third-order valence-electron chi connectivity index (χ3n) is 11.8. The fourth-order valence-corrected chi connectivity index (χ4v) is 8.17. The molecule has 5 amide bonds. The SMILES string of the molecule is CCCC(C(=O)NC=O)N1Cc2c(NC(=O)COCCOCCCCCCOc3cccc(CNC(=O)c4cccc(NC5(C(=N)NC(=N)c6ccncc6)CCNCC5)c4)c3)cccc2C1=O. The Bertz CT molecular complexity index is 2380. The molecule has 68 heavy (non-hydrogen) atoms. The summed E-state index contributed by atoms with van der Waals surface area (Å²) in [4.78, 5) is 68.0. The van der Waals surface area contributed by atoms with Crippen LogP contribution in [0.4, 0.5) is 11.4 Å². The second-order valence-electron chi connectivity index (χ2n) is 16.7. The van der Waals surface area contributed by atoms with Crippen molar-refractivity contribution in [2.75, 3.05) is 56.8 Å². The summed E-state index contributed by atoms with van der Waals surface area (Å²) in [6.07, 6.45) is 9.50. The number of amides is 5. The van der Waals surface area contributed by atoms with Gasteiger partial charge in [-0.15, -0.1) is 0 Å². The van der Waals surface area contributed by atoms with Crippen molar-refractivity contribution in [3.63, 3.8) is 0 Å². The summed E-state index contributed by atoms with van der Waals surface area (Å²) in [5, 5.41) is 35.3. The first kappa shape index (κ1) is 50.4. The maximum absolute atomic E-state index is 13.3. The zero-order valence-corrected chi connectivity index (χ0v) is 38.5. The number of carbonyl (C=O) groups excluding carboxylic acids is 5. The molecule has 18 nitrogen and oxygen atoms in total. The van der Waals surface area contributed by atoms with Crippen molar-refractivity contribution >= 4 is 53.1 Å². The molecule has 1 aromatic heterocycles. The van der Waals surface area contributed by atoms with Crippen LogP contribution in [0.3, 0.4) is 0 Å². The standard InChI is InChI=1S/C50H62N10O8/c1-2-10-43(47(64)56-34-61)60-32-41-40(48(60)65)15-9-16-42(41)57-44(62)33-67-28-27-66-25-5-3-4-6-26-68-39-14-7-11-35(29-39)31-55-46(63)37-12-8-13-38(30-37)59-50(19-23-54-24-20-50)49(52)58-45(51)36-17-21-53-22-18-36/h7-9,11-18,21-22,29-30,34,43,54,59H,2-6,10,19-20,23-28,31-33H2,1H3,(H,55,63)(H,57,62)(H3,51,52,58)(H,56,61,64). The Morgan fingerprint density at radius 2 is 1.63 bits per heavy atom. The molecule has 1 atom stereocenters. The van der Waals surface area contributed by atoms with Crippen LogP contribution in [0, 0.1) is 10.8 Å². The maximum atomic E-state index is 13.3. The molecule has 360 valence electrons. The predicted molar refractivity (Wildman–Crippen MR) is 258 cm³/mol. The van der Waals surface area contributed by atoms with E-state index in [9.17, 15) is 24.0 Å². The molecule has 3 aromatic carbocycles. The second-order valence-corrected chi connectivity index (χ2v) is 16.7. The van der Waals surface area contributed by atoms with Gasteiger partial charge in [-0.1, -0.05) is 44.0 Å². The lowest BCUT2D eigenvalue weighted by Crippen LogP contribution is -2.58. The number of carbonyl (C=O) groups is 5. The highest BCUT2D eigenvalue weighted by Crippen LogP contribution is 2.32. The van der Waals surface area contributed by atoms with E-state index in [1.807, 2.05) is 43.3 Å². The highest BCUT2D eigenvalue weighted by Gasteiger charge is 2.38. The molecule has 1 unspecified atom stereocenters. The number of nitrogens with zero attached hydrogens (tertiary/aromatic N) is 2. The van der Waals surface area contributed by atoms with Crippen LogP contribution < -0.4 is 36.6 Å². The number of ether oxygens (including phenoxy) is 3. The molecular weight excluding hydrogens is 869 g/mol. The first-order valence-corrected chi connectivity index (χ1v) is 23.2. The number of nitrogens with one attached hydrogen (secondary N) is 8. The molecule has 1 saturated heterocycles. The van der Waals surface area contributed by atoms with Crippen LogP contribution in [-0.2, 0) is 36.9 Å². The number of amidine groups is 2. The highest BCUT2D eigenvalue weighted by molar-refractivity contribution is 6.10. The van der Waals surface area contributed by atoms with E-state index in [0.717, 1.165) is 37.0 Å². The second kappa shape index (κ2) is 25.8. The molecule has 2 aliphatic rings. The van der Waals surface area contributed by atoms with E-state index in [-0.39, 0.29) is 49.2 Å². The van der Waals surface area contributed by atoms with Crippen LogP contribution in [0.25, 0.3) is 0 Å². The van der Waals surface area contributed by atoms with Crippen molar-refractivity contribution in [1.82, 2.24) is 31.2 Å². The summed E-state index contributed by atoms with van der Waals surface area (Å²) in [6, 6.07) is 22.6. The quantitative estimate of drug-likeness (QED) is 0.0176. The number of aromatic nitrogens is 1. The molecule has 0 saturated carbocycles. The van der Waals surface area contributed by atoms with Gasteiger partial charge in [0.05, 0.1) is 25.4 Å². The van der Waals surface area contributed by atoms with E-state index >= 15 is 0 Å². The van der Waals surface area contributed by atoms with Gasteiger partial charge in [-0.2, -0.15) is 0 Å². The van der Waals surface area contributed by atoms with Gasteiger partial charge in [-0.05, 0) is 112 Å². The number of hydrogen-bond acceptors (Lipinski definition) is 13. The van der Waals surface area contributed by atoms with Crippen LogP contribution in [0.15, 0.2) is 91.3 Å². The molecule has 18 heteroatoms. The van der Waals surface area contributed by atoms with Crippen molar-refractivity contribution < 1.29 is 38.2 Å². The number of rotatable bonds is 26. The minimum atomic E-state index is -0.798. The molecule has 0 bridgehead atoms. The number of imide groups is 1. The monoisotopic (exact) mass is 930 g/mol. The summed E-state index contributed by atoms with van der Waals surface area (Å²) >= 11 is 0. The van der Waals surface area contributed by atoms with Gasteiger partial charge < -0.3 is 45.7 Å². The normalized spacial score (nSPS) is 14.2. The first-order valence-electron chi connectivity index (χ1n) is 23.2. The fourth-order valence-electron chi connectivity index (χ4n) is 8.17. The average molecular weight is 931 g/mol. The van der Waals surface area contributed by atoms with Crippen LogP contribution in [0.5, 0.6) is 5.75 Å². The van der Waals surface area contributed by atoms with Gasteiger partial charge >= 0.3 is 0 Å². The number of anilines is 2. The Hall–Kier alpha value is -7.02. The zero-order valence-electron chi connectivity index (χ0n) is 38.5. The molecule has 0 aliphatic carbocycles. The smallest absolute Gasteiger partial charge is 0.255 e. The van der Waals surface area contributed by atoms with Gasteiger partial charge in [0.15, 0.2) is 0 Å². The van der Waals surface area contributed by atoms with Crippen molar-refractivity contribution in [1.29, 1.82) is 10.8 Å². The van der Waals surface area contributed by atoms with Gasteiger partial charge in [0, 0.05) is 65.7 Å². The molecule has 1 fully saturated rings. The van der Waals surface area contributed by atoms with Crippen molar-refractivity contribution in [2.24, 2.45) is 0 Å². The lowest BCUT2D eigenvalue weighted by Gasteiger charge is -2.40. The number of hydrogen-bond donors (Lipinski definition) is 8. The van der Waals surface area contributed by atoms with Gasteiger partial charge in [0.25, 0.3) is 11.8 Å². The Balaban J connectivity index is 0.828. The van der Waals surface area contributed by atoms with E-state index in [0.29, 0.717) is 105 Å². The summed E-state index contributed by atoms with van der Waals surface area (Å²) < 4.78 is 17.2. The molecule has 2 aliphatic heterocycles. The Kier molecular flexibility index (Phi) is 19.1. The topological polar surface area (TPSA) is 249 Å². The summed E-state index contributed by atoms with van der Waals surface area (Å²) in [7, 11) is 0. The maximum Gasteiger partial charge on any atom is 0.255 e. The van der Waals surface area contributed by atoms with Gasteiger partial charge in [-0.25, -0.2) is 0 Å². The largest absolute Gasteiger partial charge is 0.494 e. The summed E-state index contributed by atoms with van der Waals surface area (Å²) in [6.45, 7) is 5.26. The molecule has 0 radical (unpaired) electrons. The number of unbranched alkanes of at least 4 members (excludes halogenated alkanes) is 3. The van der Waals surface area contributed by atoms with Crippen LogP contribution in [-0.4, -0.2) is 109 Å². The molecule has 6 rings (SSSR count). The van der Waals surface area contributed by atoms with Crippen molar-refractivity contribution in [3.05, 3.63) is 119 Å². The third kappa shape index (κ3) is 14.2.